The van der Waals surface area contributed by atoms with Crippen molar-refractivity contribution < 1.29 is 9.84 Å². The SMILES string of the molecule is CCNC(=NCC(O)COC(C)c1ccccc1)NC1CCN(c2cccs2)CC1. The van der Waals surface area contributed by atoms with Crippen LogP contribution in [0.1, 0.15) is 38.4 Å². The van der Waals surface area contributed by atoms with E-state index in [-0.39, 0.29) is 12.7 Å². The van der Waals surface area contributed by atoms with Crippen molar-refractivity contribution in [3.63, 3.8) is 0 Å². The summed E-state index contributed by atoms with van der Waals surface area (Å²) >= 11 is 1.80. The number of aliphatic hydroxyl groups excluding tert-OH is 1. The monoisotopic (exact) mass is 430 g/mol. The zero-order valence-corrected chi connectivity index (χ0v) is 18.8. The van der Waals surface area contributed by atoms with E-state index in [1.54, 1.807) is 11.3 Å². The molecule has 0 aliphatic carbocycles. The van der Waals surface area contributed by atoms with E-state index in [0.29, 0.717) is 12.6 Å². The number of aliphatic hydroxyl groups is 1. The van der Waals surface area contributed by atoms with E-state index in [1.165, 1.54) is 5.00 Å². The maximum Gasteiger partial charge on any atom is 0.191 e. The molecule has 1 aromatic heterocycles. The number of anilines is 1. The van der Waals surface area contributed by atoms with Gasteiger partial charge in [-0.1, -0.05) is 30.3 Å². The number of guanidine groups is 1. The molecule has 0 bridgehead atoms. The highest BCUT2D eigenvalue weighted by atomic mass is 32.1. The van der Waals surface area contributed by atoms with E-state index in [0.717, 1.165) is 44.0 Å². The zero-order chi connectivity index (χ0) is 21.2. The van der Waals surface area contributed by atoms with Crippen LogP contribution in [-0.4, -0.2) is 56.0 Å². The molecule has 6 nitrogen and oxygen atoms in total. The van der Waals surface area contributed by atoms with Gasteiger partial charge < -0.3 is 25.4 Å². The average molecular weight is 431 g/mol. The first-order valence-corrected chi connectivity index (χ1v) is 11.7. The number of hydrogen-bond acceptors (Lipinski definition) is 5. The normalized spacial score (nSPS) is 17.6. The molecule has 2 aromatic rings. The van der Waals surface area contributed by atoms with Gasteiger partial charge in [-0.25, -0.2) is 0 Å². The summed E-state index contributed by atoms with van der Waals surface area (Å²) in [6, 6.07) is 14.7. The Bertz CT molecular complexity index is 746. The second-order valence-electron chi connectivity index (χ2n) is 7.62. The third-order valence-electron chi connectivity index (χ3n) is 5.27. The maximum atomic E-state index is 10.3. The Labute approximate surface area is 184 Å². The van der Waals surface area contributed by atoms with Crippen molar-refractivity contribution in [2.45, 2.75) is 44.9 Å². The summed E-state index contributed by atoms with van der Waals surface area (Å²) in [6.07, 6.45) is 1.46. The van der Waals surface area contributed by atoms with Gasteiger partial charge in [0.25, 0.3) is 0 Å². The minimum absolute atomic E-state index is 0.0512. The molecule has 3 N–H and O–H groups in total. The smallest absolute Gasteiger partial charge is 0.191 e. The Morgan fingerprint density at radius 3 is 2.67 bits per heavy atom. The molecule has 7 heteroatoms. The van der Waals surface area contributed by atoms with Crippen molar-refractivity contribution in [3.05, 3.63) is 53.4 Å². The Morgan fingerprint density at radius 2 is 2.00 bits per heavy atom. The lowest BCUT2D eigenvalue weighted by Gasteiger charge is -2.33. The van der Waals surface area contributed by atoms with Crippen molar-refractivity contribution in [1.29, 1.82) is 0 Å². The average Bonchev–Trinajstić information content (AvgIpc) is 3.32. The molecule has 30 heavy (non-hydrogen) atoms. The molecule has 1 aliphatic heterocycles. The van der Waals surface area contributed by atoms with Crippen LogP contribution in [0.4, 0.5) is 5.00 Å². The summed E-state index contributed by atoms with van der Waals surface area (Å²) < 4.78 is 5.81. The highest BCUT2D eigenvalue weighted by molar-refractivity contribution is 7.14. The number of rotatable bonds is 9. The number of benzene rings is 1. The molecule has 1 saturated heterocycles. The van der Waals surface area contributed by atoms with Crippen molar-refractivity contribution in [3.8, 4) is 0 Å². The van der Waals surface area contributed by atoms with Crippen molar-refractivity contribution in [2.75, 3.05) is 37.7 Å². The van der Waals surface area contributed by atoms with Crippen LogP contribution in [0.5, 0.6) is 0 Å². The Kier molecular flexibility index (Phi) is 8.99. The maximum absolute atomic E-state index is 10.3. The van der Waals surface area contributed by atoms with E-state index in [4.69, 9.17) is 4.74 Å². The van der Waals surface area contributed by atoms with Crippen LogP contribution in [-0.2, 0) is 4.74 Å². The summed E-state index contributed by atoms with van der Waals surface area (Å²) in [7, 11) is 0. The minimum atomic E-state index is -0.632. The van der Waals surface area contributed by atoms with Crippen molar-refractivity contribution in [2.24, 2.45) is 4.99 Å². The quantitative estimate of drug-likeness (QED) is 0.420. The first-order valence-electron chi connectivity index (χ1n) is 10.8. The van der Waals surface area contributed by atoms with Gasteiger partial charge in [0, 0.05) is 25.7 Å². The first-order chi connectivity index (χ1) is 14.7. The van der Waals surface area contributed by atoms with Gasteiger partial charge in [0.1, 0.15) is 0 Å². The van der Waals surface area contributed by atoms with E-state index in [9.17, 15) is 5.11 Å². The minimum Gasteiger partial charge on any atom is -0.389 e. The predicted octanol–water partition coefficient (Wildman–Crippen LogP) is 3.41. The molecule has 164 valence electrons. The molecular formula is C23H34N4O2S. The molecule has 1 fully saturated rings. The Morgan fingerprint density at radius 1 is 1.23 bits per heavy atom. The van der Waals surface area contributed by atoms with Crippen LogP contribution in [0.25, 0.3) is 0 Å². The van der Waals surface area contributed by atoms with E-state index in [1.807, 2.05) is 37.3 Å². The third kappa shape index (κ3) is 7.00. The van der Waals surface area contributed by atoms with Gasteiger partial charge in [0.05, 0.1) is 30.4 Å². The van der Waals surface area contributed by atoms with Crippen LogP contribution >= 0.6 is 11.3 Å². The number of nitrogens with zero attached hydrogens (tertiary/aromatic N) is 2. The molecule has 2 heterocycles. The van der Waals surface area contributed by atoms with Crippen LogP contribution in [0.15, 0.2) is 52.8 Å². The Balaban J connectivity index is 1.42. The fraction of sp³-hybridized carbons (Fsp3) is 0.522. The molecule has 3 rings (SSSR count). The fourth-order valence-corrected chi connectivity index (χ4v) is 4.32. The van der Waals surface area contributed by atoms with Gasteiger partial charge >= 0.3 is 0 Å². The highest BCUT2D eigenvalue weighted by Gasteiger charge is 2.21. The molecule has 1 aliphatic rings. The van der Waals surface area contributed by atoms with Crippen LogP contribution in [0, 0.1) is 0 Å². The van der Waals surface area contributed by atoms with Gasteiger partial charge in [-0.3, -0.25) is 4.99 Å². The van der Waals surface area contributed by atoms with Gasteiger partial charge in [-0.2, -0.15) is 0 Å². The molecule has 0 saturated carbocycles. The number of nitrogens with one attached hydrogen (secondary N) is 2. The summed E-state index contributed by atoms with van der Waals surface area (Å²) in [5.74, 6) is 0.766. The van der Waals surface area contributed by atoms with Crippen LogP contribution in [0.2, 0.25) is 0 Å². The predicted molar refractivity (Wildman–Crippen MR) is 125 cm³/mol. The molecule has 0 spiro atoms. The lowest BCUT2D eigenvalue weighted by Crippen LogP contribution is -2.49. The topological polar surface area (TPSA) is 69.1 Å². The number of piperidine rings is 1. The van der Waals surface area contributed by atoms with E-state index < -0.39 is 6.10 Å². The van der Waals surface area contributed by atoms with E-state index >= 15 is 0 Å². The van der Waals surface area contributed by atoms with Crippen molar-refractivity contribution >= 4 is 22.3 Å². The molecule has 2 atom stereocenters. The summed E-state index contributed by atoms with van der Waals surface area (Å²) in [6.45, 7) is 7.51. The largest absolute Gasteiger partial charge is 0.389 e. The van der Waals surface area contributed by atoms with Crippen molar-refractivity contribution in [1.82, 2.24) is 10.6 Å². The lowest BCUT2D eigenvalue weighted by molar-refractivity contribution is 0.00111. The first kappa shape index (κ1) is 22.6. The van der Waals surface area contributed by atoms with Gasteiger partial charge in [-0.05, 0) is 49.8 Å². The molecule has 0 amide bonds. The molecule has 0 radical (unpaired) electrons. The summed E-state index contributed by atoms with van der Waals surface area (Å²) in [5.41, 5.74) is 1.11. The molecule has 1 aromatic carbocycles. The molecular weight excluding hydrogens is 396 g/mol. The summed E-state index contributed by atoms with van der Waals surface area (Å²) in [5, 5.41) is 20.6. The fourth-order valence-electron chi connectivity index (χ4n) is 3.53. The second-order valence-corrected chi connectivity index (χ2v) is 8.54. The van der Waals surface area contributed by atoms with E-state index in [2.05, 4.69) is 45.0 Å². The number of ether oxygens (including phenoxy) is 1. The number of aliphatic imine (C=N–C) groups is 1. The standard InChI is InChI=1S/C23H34N4O2S/c1-3-24-23(26-20-11-13-27(14-12-20)22-10-7-15-30-22)25-16-21(28)17-29-18(2)19-8-5-4-6-9-19/h4-10,15,18,20-21,28H,3,11-14,16-17H2,1-2H3,(H2,24,25,26). The number of thiophene rings is 1. The third-order valence-corrected chi connectivity index (χ3v) is 6.19. The highest BCUT2D eigenvalue weighted by Crippen LogP contribution is 2.24. The lowest BCUT2D eigenvalue weighted by atomic mass is 10.1. The Hall–Kier alpha value is -2.09. The molecule has 2 unspecified atom stereocenters. The van der Waals surface area contributed by atoms with Crippen LogP contribution < -0.4 is 15.5 Å². The zero-order valence-electron chi connectivity index (χ0n) is 18.0. The van der Waals surface area contributed by atoms with Gasteiger partial charge in [0.15, 0.2) is 5.96 Å². The van der Waals surface area contributed by atoms with Gasteiger partial charge in [-0.15, -0.1) is 11.3 Å². The van der Waals surface area contributed by atoms with Gasteiger partial charge in [0.2, 0.25) is 0 Å². The number of hydrogen-bond donors (Lipinski definition) is 3. The van der Waals surface area contributed by atoms with Crippen LogP contribution in [0.3, 0.4) is 0 Å². The second kappa shape index (κ2) is 11.9. The summed E-state index contributed by atoms with van der Waals surface area (Å²) in [4.78, 5) is 7.03.